The van der Waals surface area contributed by atoms with Crippen molar-refractivity contribution in [2.45, 2.75) is 42.5 Å². The van der Waals surface area contributed by atoms with Gasteiger partial charge in [0, 0.05) is 13.1 Å². The van der Waals surface area contributed by atoms with Gasteiger partial charge in [0.15, 0.2) is 0 Å². The average Bonchev–Trinajstić information content (AvgIpc) is 2.39. The number of sulfonamides is 1. The minimum atomic E-state index is -4.93. The lowest BCUT2D eigenvalue weighted by atomic mass is 10.2. The van der Waals surface area contributed by atoms with E-state index < -0.39 is 25.1 Å². The van der Waals surface area contributed by atoms with Gasteiger partial charge >= 0.3 is 10.2 Å². The Morgan fingerprint density at radius 2 is 1.60 bits per heavy atom. The molecule has 0 spiro atoms. The van der Waals surface area contributed by atoms with Crippen molar-refractivity contribution in [1.29, 1.82) is 0 Å². The molecule has 0 amide bonds. The molecule has 5 nitrogen and oxygen atoms in total. The number of nitrogens with zero attached hydrogens (tertiary/aromatic N) is 1. The smallest absolute Gasteiger partial charge is 0.207 e. The normalized spacial score (nSPS) is 13.1. The van der Waals surface area contributed by atoms with Gasteiger partial charge in [-0.25, -0.2) is 8.42 Å². The molecule has 1 aromatic rings. The van der Waals surface area contributed by atoms with Gasteiger partial charge in [0.2, 0.25) is 10.0 Å². The van der Waals surface area contributed by atoms with E-state index in [2.05, 4.69) is 0 Å². The Kier molecular flexibility index (Phi) is 5.28. The first-order chi connectivity index (χ1) is 9.14. The third kappa shape index (κ3) is 3.56. The van der Waals surface area contributed by atoms with E-state index in [0.717, 1.165) is 12.1 Å². The topological polar surface area (TPSA) is 71.5 Å². The first kappa shape index (κ1) is 17.1. The molecule has 0 saturated carbocycles. The molecule has 114 valence electrons. The largest absolute Gasteiger partial charge is 0.332 e. The number of rotatable bonds is 6. The van der Waals surface area contributed by atoms with Crippen molar-refractivity contribution in [3.63, 3.8) is 0 Å². The van der Waals surface area contributed by atoms with Gasteiger partial charge in [0.1, 0.15) is 0 Å². The van der Waals surface area contributed by atoms with Gasteiger partial charge in [-0.1, -0.05) is 19.9 Å². The minimum Gasteiger partial charge on any atom is -0.207 e. The van der Waals surface area contributed by atoms with Gasteiger partial charge < -0.3 is 0 Å². The summed E-state index contributed by atoms with van der Waals surface area (Å²) in [7, 11) is -7.33. The monoisotopic (exact) mass is 323 g/mol. The van der Waals surface area contributed by atoms with Crippen molar-refractivity contribution in [2.24, 2.45) is 0 Å². The van der Waals surface area contributed by atoms with E-state index in [9.17, 15) is 20.7 Å². The molecule has 20 heavy (non-hydrogen) atoms. The van der Waals surface area contributed by atoms with Crippen LogP contribution in [0.25, 0.3) is 0 Å². The first-order valence-corrected chi connectivity index (χ1v) is 8.99. The second-order valence-corrected chi connectivity index (χ2v) is 7.75. The molecule has 0 heterocycles. The van der Waals surface area contributed by atoms with Crippen LogP contribution in [-0.2, 0) is 20.2 Å². The van der Waals surface area contributed by atoms with Crippen LogP contribution in [-0.4, -0.2) is 34.2 Å². The number of halogens is 1. The zero-order valence-electron chi connectivity index (χ0n) is 11.6. The number of benzene rings is 1. The maximum Gasteiger partial charge on any atom is 0.332 e. The Hall–Kier alpha value is -0.990. The van der Waals surface area contributed by atoms with Crippen LogP contribution in [0.1, 0.15) is 26.7 Å². The molecule has 0 bridgehead atoms. The molecule has 8 heteroatoms. The van der Waals surface area contributed by atoms with Crippen molar-refractivity contribution in [3.05, 3.63) is 24.3 Å². The molecular weight excluding hydrogens is 305 g/mol. The standard InChI is InChI=1S/C12H18FNO4S2/c1-4-10(5-2)14(3)20(17,18)12-8-6-7-11(9-12)19(13,15)16/h6-10H,4-5H2,1-3H3. The Balaban J connectivity index is 3.30. The van der Waals surface area contributed by atoms with E-state index in [1.165, 1.54) is 23.5 Å². The summed E-state index contributed by atoms with van der Waals surface area (Å²) in [5.41, 5.74) is 0. The summed E-state index contributed by atoms with van der Waals surface area (Å²) in [6.45, 7) is 3.73. The fraction of sp³-hybridized carbons (Fsp3) is 0.500. The fourth-order valence-electron chi connectivity index (χ4n) is 1.95. The molecule has 0 atom stereocenters. The minimum absolute atomic E-state index is 0.189. The van der Waals surface area contributed by atoms with Gasteiger partial charge in [-0.2, -0.15) is 12.7 Å². The van der Waals surface area contributed by atoms with Gasteiger partial charge in [0.25, 0.3) is 0 Å². The van der Waals surface area contributed by atoms with E-state index in [0.29, 0.717) is 12.8 Å². The van der Waals surface area contributed by atoms with Crippen LogP contribution in [0.15, 0.2) is 34.1 Å². The summed E-state index contributed by atoms with van der Waals surface area (Å²) in [6.07, 6.45) is 1.26. The summed E-state index contributed by atoms with van der Waals surface area (Å²) in [5, 5.41) is 0. The van der Waals surface area contributed by atoms with Crippen molar-refractivity contribution >= 4 is 20.2 Å². The fourth-order valence-corrected chi connectivity index (χ4v) is 4.08. The van der Waals surface area contributed by atoms with Crippen LogP contribution >= 0.6 is 0 Å². The lowest BCUT2D eigenvalue weighted by molar-refractivity contribution is 0.349. The van der Waals surface area contributed by atoms with Crippen molar-refractivity contribution < 1.29 is 20.7 Å². The maximum atomic E-state index is 12.9. The molecular formula is C12H18FNO4S2. The third-order valence-electron chi connectivity index (χ3n) is 3.22. The van der Waals surface area contributed by atoms with E-state index in [-0.39, 0.29) is 10.9 Å². The molecule has 1 aromatic carbocycles. The van der Waals surface area contributed by atoms with Crippen molar-refractivity contribution in [3.8, 4) is 0 Å². The predicted molar refractivity (Wildman–Crippen MR) is 74.1 cm³/mol. The van der Waals surface area contributed by atoms with Crippen molar-refractivity contribution in [2.75, 3.05) is 7.05 Å². The molecule has 0 fully saturated rings. The van der Waals surface area contributed by atoms with Gasteiger partial charge in [-0.3, -0.25) is 0 Å². The molecule has 0 radical (unpaired) electrons. The second-order valence-electron chi connectivity index (χ2n) is 4.40. The van der Waals surface area contributed by atoms with E-state index in [1.54, 1.807) is 0 Å². The van der Waals surface area contributed by atoms with Crippen molar-refractivity contribution in [1.82, 2.24) is 4.31 Å². The summed E-state index contributed by atoms with van der Waals surface area (Å²) in [6, 6.07) is 4.13. The zero-order valence-corrected chi connectivity index (χ0v) is 13.2. The van der Waals surface area contributed by atoms with Crippen LogP contribution in [0.2, 0.25) is 0 Å². The highest BCUT2D eigenvalue weighted by Crippen LogP contribution is 2.22. The molecule has 0 saturated heterocycles. The average molecular weight is 323 g/mol. The highest BCUT2D eigenvalue weighted by Gasteiger charge is 2.27. The summed E-state index contributed by atoms with van der Waals surface area (Å²) < 4.78 is 60.6. The van der Waals surface area contributed by atoms with E-state index >= 15 is 0 Å². The van der Waals surface area contributed by atoms with Crippen LogP contribution in [0.3, 0.4) is 0 Å². The predicted octanol–water partition coefficient (Wildman–Crippen LogP) is 2.15. The Bertz CT molecular complexity index is 666. The molecule has 0 aromatic heterocycles. The molecule has 0 unspecified atom stereocenters. The molecule has 0 aliphatic carbocycles. The van der Waals surface area contributed by atoms with Gasteiger partial charge in [0.05, 0.1) is 9.79 Å². The highest BCUT2D eigenvalue weighted by molar-refractivity contribution is 7.89. The van der Waals surface area contributed by atoms with Crippen LogP contribution in [0, 0.1) is 0 Å². The molecule has 1 rings (SSSR count). The molecule has 0 aliphatic rings. The van der Waals surface area contributed by atoms with Crippen LogP contribution in [0.5, 0.6) is 0 Å². The van der Waals surface area contributed by atoms with Crippen LogP contribution in [0.4, 0.5) is 3.89 Å². The lowest BCUT2D eigenvalue weighted by Crippen LogP contribution is -2.36. The third-order valence-corrected chi connectivity index (χ3v) is 5.94. The maximum absolute atomic E-state index is 12.9. The van der Waals surface area contributed by atoms with Gasteiger partial charge in [-0.05, 0) is 31.0 Å². The van der Waals surface area contributed by atoms with Crippen LogP contribution < -0.4 is 0 Å². The van der Waals surface area contributed by atoms with E-state index in [4.69, 9.17) is 0 Å². The van der Waals surface area contributed by atoms with E-state index in [1.807, 2.05) is 13.8 Å². The number of hydrogen-bond acceptors (Lipinski definition) is 4. The lowest BCUT2D eigenvalue weighted by Gasteiger charge is -2.25. The first-order valence-electron chi connectivity index (χ1n) is 6.17. The Morgan fingerprint density at radius 3 is 2.05 bits per heavy atom. The molecule has 0 N–H and O–H groups in total. The Morgan fingerprint density at radius 1 is 1.10 bits per heavy atom. The zero-order chi connectivity index (χ0) is 15.6. The quantitative estimate of drug-likeness (QED) is 0.752. The second kappa shape index (κ2) is 6.19. The number of hydrogen-bond donors (Lipinski definition) is 0. The molecule has 0 aliphatic heterocycles. The summed E-state index contributed by atoms with van der Waals surface area (Å²) in [4.78, 5) is -0.887. The SMILES string of the molecule is CCC(CC)N(C)S(=O)(=O)c1cccc(S(=O)(=O)F)c1. The highest BCUT2D eigenvalue weighted by atomic mass is 32.3. The summed E-state index contributed by atoms with van der Waals surface area (Å²) >= 11 is 0. The summed E-state index contributed by atoms with van der Waals surface area (Å²) in [5.74, 6) is 0. The van der Waals surface area contributed by atoms with Gasteiger partial charge in [-0.15, -0.1) is 3.89 Å². The Labute approximate surface area is 119 Å².